The Morgan fingerprint density at radius 3 is 2.43 bits per heavy atom. The average molecular weight is 511 g/mol. The molecular weight excluding hydrogens is 484 g/mol. The Balaban J connectivity index is 1.59. The minimum atomic E-state index is -1.54. The standard InChI is InChI=1S/C30H26N2O4S/c1-2-36-29(33)30(21-32(34)35,37-27-14-12-23-10-6-7-11-24(23)19-27)26-13-15-28-25(18-26)16-17-31(28)20-22-8-4-3-5-9-22/h3-19H,2,20-21H2,1H3. The summed E-state index contributed by atoms with van der Waals surface area (Å²) in [5.41, 5.74) is 2.71. The second kappa shape index (κ2) is 10.5. The highest BCUT2D eigenvalue weighted by Crippen LogP contribution is 2.44. The lowest BCUT2D eigenvalue weighted by molar-refractivity contribution is -0.484. The molecule has 1 unspecified atom stereocenters. The van der Waals surface area contributed by atoms with Crippen molar-refractivity contribution in [2.24, 2.45) is 0 Å². The number of ether oxygens (including phenoxy) is 1. The van der Waals surface area contributed by atoms with Gasteiger partial charge in [0.2, 0.25) is 11.3 Å². The number of hydrogen-bond donors (Lipinski definition) is 0. The molecule has 1 atom stereocenters. The molecule has 0 radical (unpaired) electrons. The van der Waals surface area contributed by atoms with Gasteiger partial charge in [-0.15, -0.1) is 0 Å². The Hall–Kier alpha value is -4.10. The molecule has 0 amide bonds. The van der Waals surface area contributed by atoms with Crippen LogP contribution in [0.4, 0.5) is 0 Å². The summed E-state index contributed by atoms with van der Waals surface area (Å²) in [5, 5.41) is 14.9. The molecular formula is C30H26N2O4S. The summed E-state index contributed by atoms with van der Waals surface area (Å²) in [6, 6.07) is 31.5. The highest BCUT2D eigenvalue weighted by Gasteiger charge is 2.48. The minimum absolute atomic E-state index is 0.131. The fraction of sp³-hybridized carbons (Fsp3) is 0.167. The average Bonchev–Trinajstić information content (AvgIpc) is 3.30. The first-order valence-corrected chi connectivity index (χ1v) is 12.9. The van der Waals surface area contributed by atoms with Gasteiger partial charge in [-0.05, 0) is 64.5 Å². The van der Waals surface area contributed by atoms with Gasteiger partial charge in [0.1, 0.15) is 0 Å². The Kier molecular flexibility index (Phi) is 6.97. The molecule has 186 valence electrons. The van der Waals surface area contributed by atoms with Crippen molar-refractivity contribution in [1.29, 1.82) is 0 Å². The molecule has 1 aromatic heterocycles. The van der Waals surface area contributed by atoms with E-state index >= 15 is 0 Å². The third-order valence-electron chi connectivity index (χ3n) is 6.40. The number of nitro groups is 1. The molecule has 0 aliphatic carbocycles. The second-order valence-corrected chi connectivity index (χ2v) is 10.2. The van der Waals surface area contributed by atoms with Crippen LogP contribution in [0.2, 0.25) is 0 Å². The number of fused-ring (bicyclic) bond motifs is 2. The molecule has 37 heavy (non-hydrogen) atoms. The molecule has 1 heterocycles. The van der Waals surface area contributed by atoms with Crippen LogP contribution in [0.15, 0.2) is 108 Å². The Morgan fingerprint density at radius 2 is 1.68 bits per heavy atom. The lowest BCUT2D eigenvalue weighted by Crippen LogP contribution is -2.41. The summed E-state index contributed by atoms with van der Waals surface area (Å²) < 4.78 is 6.03. The van der Waals surface area contributed by atoms with Gasteiger partial charge in [-0.1, -0.05) is 78.5 Å². The number of nitrogens with zero attached hydrogens (tertiary/aromatic N) is 2. The molecule has 5 aromatic rings. The fourth-order valence-corrected chi connectivity index (χ4v) is 5.92. The highest BCUT2D eigenvalue weighted by molar-refractivity contribution is 8.01. The minimum Gasteiger partial charge on any atom is -0.464 e. The van der Waals surface area contributed by atoms with E-state index in [0.29, 0.717) is 12.1 Å². The van der Waals surface area contributed by atoms with E-state index in [2.05, 4.69) is 16.7 Å². The van der Waals surface area contributed by atoms with Crippen molar-refractivity contribution in [1.82, 2.24) is 4.57 Å². The Bertz CT molecular complexity index is 1580. The van der Waals surface area contributed by atoms with Crippen molar-refractivity contribution in [2.75, 3.05) is 13.2 Å². The maximum atomic E-state index is 13.5. The maximum Gasteiger partial charge on any atom is 0.334 e. The van der Waals surface area contributed by atoms with Gasteiger partial charge in [0.25, 0.3) is 0 Å². The van der Waals surface area contributed by atoms with Crippen LogP contribution in [0.1, 0.15) is 18.1 Å². The number of hydrogen-bond acceptors (Lipinski definition) is 5. The van der Waals surface area contributed by atoms with E-state index in [1.807, 2.05) is 91.1 Å². The molecule has 0 N–H and O–H groups in total. The zero-order valence-electron chi connectivity index (χ0n) is 20.4. The van der Waals surface area contributed by atoms with Crippen LogP contribution < -0.4 is 0 Å². The van der Waals surface area contributed by atoms with E-state index in [1.165, 1.54) is 17.3 Å². The Morgan fingerprint density at radius 1 is 0.919 bits per heavy atom. The topological polar surface area (TPSA) is 74.4 Å². The van der Waals surface area contributed by atoms with Crippen LogP contribution in [-0.4, -0.2) is 28.6 Å². The molecule has 0 saturated carbocycles. The smallest absolute Gasteiger partial charge is 0.334 e. The number of carbonyl (C=O) groups is 1. The number of rotatable bonds is 9. The molecule has 0 bridgehead atoms. The summed E-state index contributed by atoms with van der Waals surface area (Å²) in [6.07, 6.45) is 2.00. The maximum absolute atomic E-state index is 13.5. The van der Waals surface area contributed by atoms with Crippen molar-refractivity contribution in [3.63, 3.8) is 0 Å². The van der Waals surface area contributed by atoms with Gasteiger partial charge >= 0.3 is 5.97 Å². The van der Waals surface area contributed by atoms with Gasteiger partial charge < -0.3 is 9.30 Å². The third-order valence-corrected chi connectivity index (χ3v) is 7.77. The highest BCUT2D eigenvalue weighted by atomic mass is 32.2. The summed E-state index contributed by atoms with van der Waals surface area (Å²) in [5.74, 6) is -0.618. The molecule has 0 spiro atoms. The van der Waals surface area contributed by atoms with E-state index < -0.39 is 22.2 Å². The SMILES string of the molecule is CCOC(=O)C(C[N+](=O)[O-])(Sc1ccc2ccccc2c1)c1ccc2c(ccn2Cc2ccccc2)c1. The molecule has 5 rings (SSSR count). The van der Waals surface area contributed by atoms with E-state index in [1.54, 1.807) is 6.92 Å². The number of esters is 1. The monoisotopic (exact) mass is 510 g/mol. The predicted octanol–water partition coefficient (Wildman–Crippen LogP) is 6.67. The zero-order valence-corrected chi connectivity index (χ0v) is 21.2. The summed E-state index contributed by atoms with van der Waals surface area (Å²) in [6.45, 7) is 1.95. The normalized spacial score (nSPS) is 12.9. The van der Waals surface area contributed by atoms with Gasteiger partial charge in [0, 0.05) is 28.1 Å². The number of carbonyl (C=O) groups excluding carboxylic acids is 1. The quantitative estimate of drug-likeness (QED) is 0.0958. The lowest BCUT2D eigenvalue weighted by atomic mass is 9.96. The molecule has 0 aliphatic heterocycles. The van der Waals surface area contributed by atoms with Crippen LogP contribution in [0.5, 0.6) is 0 Å². The van der Waals surface area contributed by atoms with Crippen molar-refractivity contribution in [2.45, 2.75) is 23.1 Å². The van der Waals surface area contributed by atoms with E-state index in [4.69, 9.17) is 4.74 Å². The predicted molar refractivity (Wildman–Crippen MR) is 147 cm³/mol. The van der Waals surface area contributed by atoms with Gasteiger partial charge in [-0.25, -0.2) is 4.79 Å². The molecule has 7 heteroatoms. The first kappa shape index (κ1) is 24.6. The van der Waals surface area contributed by atoms with Gasteiger partial charge in [-0.3, -0.25) is 10.1 Å². The zero-order chi connectivity index (χ0) is 25.8. The largest absolute Gasteiger partial charge is 0.464 e. The molecule has 0 saturated heterocycles. The van der Waals surface area contributed by atoms with Crippen LogP contribution in [0.3, 0.4) is 0 Å². The number of benzene rings is 4. The first-order valence-electron chi connectivity index (χ1n) is 12.1. The van der Waals surface area contributed by atoms with Crippen molar-refractivity contribution >= 4 is 39.4 Å². The number of aromatic nitrogens is 1. The van der Waals surface area contributed by atoms with Crippen LogP contribution in [0.25, 0.3) is 21.7 Å². The molecule has 0 fully saturated rings. The third kappa shape index (κ3) is 5.08. The first-order chi connectivity index (χ1) is 18.0. The molecule has 6 nitrogen and oxygen atoms in total. The summed E-state index contributed by atoms with van der Waals surface area (Å²) in [4.78, 5) is 25.8. The van der Waals surface area contributed by atoms with Crippen molar-refractivity contribution < 1.29 is 14.5 Å². The van der Waals surface area contributed by atoms with Gasteiger partial charge in [0.15, 0.2) is 0 Å². The van der Waals surface area contributed by atoms with Crippen LogP contribution >= 0.6 is 11.8 Å². The van der Waals surface area contributed by atoms with Crippen LogP contribution in [-0.2, 0) is 20.8 Å². The summed E-state index contributed by atoms with van der Waals surface area (Å²) in [7, 11) is 0. The van der Waals surface area contributed by atoms with Crippen molar-refractivity contribution in [3.8, 4) is 0 Å². The summed E-state index contributed by atoms with van der Waals surface area (Å²) >= 11 is 1.18. The lowest BCUT2D eigenvalue weighted by Gasteiger charge is -2.28. The van der Waals surface area contributed by atoms with E-state index in [9.17, 15) is 14.9 Å². The Labute approximate surface area is 219 Å². The van der Waals surface area contributed by atoms with Crippen molar-refractivity contribution in [3.05, 3.63) is 124 Å². The van der Waals surface area contributed by atoms with Gasteiger partial charge in [0.05, 0.1) is 6.61 Å². The van der Waals surface area contributed by atoms with E-state index in [0.717, 1.165) is 26.6 Å². The number of thioether (sulfide) groups is 1. The van der Waals surface area contributed by atoms with E-state index in [-0.39, 0.29) is 6.61 Å². The fourth-order valence-electron chi connectivity index (χ4n) is 4.64. The molecule has 4 aromatic carbocycles. The molecule has 0 aliphatic rings. The van der Waals surface area contributed by atoms with Gasteiger partial charge in [-0.2, -0.15) is 0 Å². The second-order valence-electron chi connectivity index (χ2n) is 8.85. The van der Waals surface area contributed by atoms with Crippen LogP contribution in [0, 0.1) is 10.1 Å².